The third kappa shape index (κ3) is 2.28. The number of carbonyl (C=O) groups is 1. The molecule has 0 unspecified atom stereocenters. The molecule has 2 aromatic carbocycles. The van der Waals surface area contributed by atoms with E-state index in [2.05, 4.69) is 15.9 Å². The number of benzene rings is 2. The molecule has 0 N–H and O–H groups in total. The van der Waals surface area contributed by atoms with Crippen LogP contribution in [0.5, 0.6) is 5.75 Å². The highest BCUT2D eigenvalue weighted by Gasteiger charge is 2.22. The van der Waals surface area contributed by atoms with Crippen LogP contribution >= 0.6 is 15.9 Å². The number of hydrogen-bond donors (Lipinski definition) is 0. The number of ketones is 1. The van der Waals surface area contributed by atoms with Gasteiger partial charge in [0.15, 0.2) is 5.78 Å². The lowest BCUT2D eigenvalue weighted by molar-refractivity contribution is 0.103. The predicted octanol–water partition coefficient (Wildman–Crippen LogP) is 3.75. The number of rotatable bonds is 2. The van der Waals surface area contributed by atoms with Gasteiger partial charge in [-0.1, -0.05) is 15.9 Å². The second-order valence-corrected chi connectivity index (χ2v) is 5.29. The largest absolute Gasteiger partial charge is 0.492 e. The molecule has 0 fully saturated rings. The zero-order chi connectivity index (χ0) is 13.4. The lowest BCUT2D eigenvalue weighted by Gasteiger charge is -2.08. The number of fused-ring (bicyclic) bond motifs is 1. The van der Waals surface area contributed by atoms with Gasteiger partial charge in [0, 0.05) is 16.5 Å². The number of halogens is 2. The van der Waals surface area contributed by atoms with Gasteiger partial charge in [0.05, 0.1) is 12.2 Å². The average molecular weight is 321 g/mol. The monoisotopic (exact) mass is 320 g/mol. The highest BCUT2D eigenvalue weighted by molar-refractivity contribution is 9.10. The second-order valence-electron chi connectivity index (χ2n) is 4.38. The minimum Gasteiger partial charge on any atom is -0.492 e. The van der Waals surface area contributed by atoms with E-state index in [9.17, 15) is 9.18 Å². The predicted molar refractivity (Wildman–Crippen MR) is 73.2 cm³/mol. The lowest BCUT2D eigenvalue weighted by Crippen LogP contribution is -2.04. The van der Waals surface area contributed by atoms with Crippen LogP contribution in [0.25, 0.3) is 0 Å². The Bertz CT molecular complexity index is 650. The summed E-state index contributed by atoms with van der Waals surface area (Å²) in [4.78, 5) is 12.4. The van der Waals surface area contributed by atoms with Crippen molar-refractivity contribution in [3.05, 3.63) is 63.4 Å². The van der Waals surface area contributed by atoms with Crippen LogP contribution in [0.3, 0.4) is 0 Å². The first-order valence-corrected chi connectivity index (χ1v) is 6.70. The molecule has 0 amide bonds. The van der Waals surface area contributed by atoms with Crippen LogP contribution in [0.15, 0.2) is 40.9 Å². The molecule has 1 heterocycles. The van der Waals surface area contributed by atoms with Crippen LogP contribution in [0.4, 0.5) is 4.39 Å². The molecule has 1 aliphatic heterocycles. The molecule has 2 aromatic rings. The molecule has 0 bridgehead atoms. The van der Waals surface area contributed by atoms with Crippen LogP contribution in [-0.2, 0) is 6.42 Å². The molecule has 0 atom stereocenters. The van der Waals surface area contributed by atoms with E-state index in [4.69, 9.17) is 4.74 Å². The summed E-state index contributed by atoms with van der Waals surface area (Å²) in [6.45, 7) is 0.593. The minimum atomic E-state index is -0.354. The van der Waals surface area contributed by atoms with Crippen molar-refractivity contribution in [1.82, 2.24) is 0 Å². The Balaban J connectivity index is 2.07. The lowest BCUT2D eigenvalue weighted by atomic mass is 10.00. The molecule has 0 aromatic heterocycles. The zero-order valence-corrected chi connectivity index (χ0v) is 11.5. The quantitative estimate of drug-likeness (QED) is 0.788. The van der Waals surface area contributed by atoms with Crippen molar-refractivity contribution < 1.29 is 13.9 Å². The molecular weight excluding hydrogens is 311 g/mol. The fourth-order valence-corrected chi connectivity index (χ4v) is 2.70. The summed E-state index contributed by atoms with van der Waals surface area (Å²) in [7, 11) is 0. The molecule has 0 aliphatic carbocycles. The summed E-state index contributed by atoms with van der Waals surface area (Å²) in [5.74, 6) is 0.143. The maximum absolute atomic E-state index is 12.9. The Labute approximate surface area is 118 Å². The van der Waals surface area contributed by atoms with Crippen LogP contribution in [0, 0.1) is 5.82 Å². The first-order chi connectivity index (χ1) is 9.15. The van der Waals surface area contributed by atoms with Crippen LogP contribution in [0.1, 0.15) is 21.5 Å². The van der Waals surface area contributed by atoms with Gasteiger partial charge in [-0.15, -0.1) is 0 Å². The first kappa shape index (κ1) is 12.4. The fourth-order valence-electron chi connectivity index (χ4n) is 2.19. The normalized spacial score (nSPS) is 12.9. The molecule has 0 radical (unpaired) electrons. The van der Waals surface area contributed by atoms with E-state index in [1.54, 1.807) is 6.07 Å². The number of ether oxygens (including phenoxy) is 1. The van der Waals surface area contributed by atoms with Crippen molar-refractivity contribution in [3.63, 3.8) is 0 Å². The number of hydrogen-bond acceptors (Lipinski definition) is 2. The van der Waals surface area contributed by atoms with Gasteiger partial charge in [0.2, 0.25) is 0 Å². The Morgan fingerprint density at radius 3 is 2.68 bits per heavy atom. The van der Waals surface area contributed by atoms with Crippen LogP contribution < -0.4 is 4.74 Å². The third-order valence-corrected chi connectivity index (χ3v) is 3.56. The first-order valence-electron chi connectivity index (χ1n) is 5.90. The van der Waals surface area contributed by atoms with Crippen molar-refractivity contribution >= 4 is 21.7 Å². The smallest absolute Gasteiger partial charge is 0.196 e. The number of carbonyl (C=O) groups excluding carboxylic acids is 1. The summed E-state index contributed by atoms with van der Waals surface area (Å²) < 4.78 is 19.3. The van der Waals surface area contributed by atoms with Crippen LogP contribution in [-0.4, -0.2) is 12.4 Å². The van der Waals surface area contributed by atoms with E-state index in [0.29, 0.717) is 23.5 Å². The van der Waals surface area contributed by atoms with E-state index in [-0.39, 0.29) is 11.6 Å². The Kier molecular flexibility index (Phi) is 3.11. The summed E-state index contributed by atoms with van der Waals surface area (Å²) in [5, 5.41) is 0. The van der Waals surface area contributed by atoms with E-state index < -0.39 is 0 Å². The molecular formula is C15H10BrFO2. The Morgan fingerprint density at radius 2 is 1.95 bits per heavy atom. The van der Waals surface area contributed by atoms with E-state index in [1.165, 1.54) is 24.3 Å². The summed E-state index contributed by atoms with van der Waals surface area (Å²) in [6, 6.07) is 9.25. The van der Waals surface area contributed by atoms with E-state index >= 15 is 0 Å². The van der Waals surface area contributed by atoms with E-state index in [1.807, 2.05) is 6.07 Å². The van der Waals surface area contributed by atoms with Gasteiger partial charge in [0.1, 0.15) is 11.6 Å². The molecule has 0 saturated carbocycles. The molecule has 1 aliphatic rings. The highest BCUT2D eigenvalue weighted by Crippen LogP contribution is 2.34. The highest BCUT2D eigenvalue weighted by atomic mass is 79.9. The second kappa shape index (κ2) is 4.78. The fraction of sp³-hybridized carbons (Fsp3) is 0.133. The molecule has 4 heteroatoms. The molecule has 0 spiro atoms. The van der Waals surface area contributed by atoms with Crippen molar-refractivity contribution in [2.24, 2.45) is 0 Å². The molecule has 3 rings (SSSR count). The average Bonchev–Trinajstić information content (AvgIpc) is 2.85. The molecule has 0 saturated heterocycles. The Morgan fingerprint density at radius 1 is 1.21 bits per heavy atom. The minimum absolute atomic E-state index is 0.153. The van der Waals surface area contributed by atoms with Crippen molar-refractivity contribution in [2.75, 3.05) is 6.61 Å². The zero-order valence-electron chi connectivity index (χ0n) is 9.95. The van der Waals surface area contributed by atoms with Crippen molar-refractivity contribution in [3.8, 4) is 5.75 Å². The summed E-state index contributed by atoms with van der Waals surface area (Å²) in [5.41, 5.74) is 2.01. The molecule has 19 heavy (non-hydrogen) atoms. The summed E-state index contributed by atoms with van der Waals surface area (Å²) in [6.07, 6.45) is 0.804. The van der Waals surface area contributed by atoms with Gasteiger partial charge in [0.25, 0.3) is 0 Å². The maximum Gasteiger partial charge on any atom is 0.196 e. The van der Waals surface area contributed by atoms with Crippen molar-refractivity contribution in [2.45, 2.75) is 6.42 Å². The topological polar surface area (TPSA) is 26.3 Å². The maximum atomic E-state index is 12.9. The van der Waals surface area contributed by atoms with Gasteiger partial charge >= 0.3 is 0 Å². The van der Waals surface area contributed by atoms with Crippen LogP contribution in [0.2, 0.25) is 0 Å². The molecule has 96 valence electrons. The standard InChI is InChI=1S/C15H10BrFO2/c16-11-7-10-5-6-19-15(10)13(8-11)14(18)9-1-3-12(17)4-2-9/h1-4,7-8H,5-6H2. The van der Waals surface area contributed by atoms with Gasteiger partial charge in [-0.2, -0.15) is 0 Å². The van der Waals surface area contributed by atoms with Crippen molar-refractivity contribution in [1.29, 1.82) is 0 Å². The SMILES string of the molecule is O=C(c1ccc(F)cc1)c1cc(Br)cc2c1OCC2. The third-order valence-electron chi connectivity index (χ3n) is 3.10. The van der Waals surface area contributed by atoms with Gasteiger partial charge in [-0.05, 0) is 42.0 Å². The molecule has 2 nitrogen and oxygen atoms in total. The van der Waals surface area contributed by atoms with E-state index in [0.717, 1.165) is 16.5 Å². The summed E-state index contributed by atoms with van der Waals surface area (Å²) >= 11 is 3.40. The van der Waals surface area contributed by atoms with Gasteiger partial charge in [-0.25, -0.2) is 4.39 Å². The van der Waals surface area contributed by atoms with Gasteiger partial charge < -0.3 is 4.74 Å². The Hall–Kier alpha value is -1.68. The van der Waals surface area contributed by atoms with Gasteiger partial charge in [-0.3, -0.25) is 4.79 Å².